The third kappa shape index (κ3) is 64.0. The summed E-state index contributed by atoms with van der Waals surface area (Å²) in [5.41, 5.74) is 0. The molecule has 1 nitrogen and oxygen atoms in total. The van der Waals surface area contributed by atoms with Crippen LogP contribution in [0, 0.1) is 10.7 Å². The van der Waals surface area contributed by atoms with Crippen LogP contribution in [0.5, 0.6) is 0 Å². The third-order valence-electron chi connectivity index (χ3n) is 0. The minimum atomic E-state index is 0. The van der Waals surface area contributed by atoms with Gasteiger partial charge in [-0.3, -0.25) is 0 Å². The Bertz CT molecular complexity index is 29.5. The fourth-order valence-corrected chi connectivity index (χ4v) is 0. The van der Waals surface area contributed by atoms with E-state index >= 15 is 0 Å². The summed E-state index contributed by atoms with van der Waals surface area (Å²) in [4.78, 5) is 0. The summed E-state index contributed by atoms with van der Waals surface area (Å²) >= 11 is 3.70. The van der Waals surface area contributed by atoms with E-state index in [-0.39, 0.29) is 17.1 Å². The quantitative estimate of drug-likeness (QED) is 0.251. The summed E-state index contributed by atoms with van der Waals surface area (Å²) in [5.74, 6) is 0. The molecule has 0 aromatic heterocycles. The van der Waals surface area contributed by atoms with Crippen LogP contribution in [-0.2, 0) is 29.7 Å². The van der Waals surface area contributed by atoms with Gasteiger partial charge in [-0.25, -0.2) is 5.26 Å². The predicted octanol–water partition coefficient (Wildman–Crippen LogP) is 0.0119. The van der Waals surface area contributed by atoms with Gasteiger partial charge in [0, 0.05) is 0 Å². The molecular weight excluding hydrogens is 113 g/mol. The molecule has 0 N–H and O–H groups in total. The van der Waals surface area contributed by atoms with Gasteiger partial charge in [0.1, 0.15) is 0 Å². The maximum Gasteiger partial charge on any atom is 2.00 e. The van der Waals surface area contributed by atoms with Gasteiger partial charge in [0.25, 0.3) is 0 Å². The zero-order chi connectivity index (χ0) is 2.71. The van der Waals surface area contributed by atoms with Crippen LogP contribution in [0.4, 0.5) is 0 Å². The molecule has 0 fully saturated rings. The van der Waals surface area contributed by atoms with Crippen molar-refractivity contribution in [3.05, 3.63) is 0 Å². The van der Waals surface area contributed by atoms with Gasteiger partial charge in [0.05, 0.1) is 0 Å². The van der Waals surface area contributed by atoms with Crippen molar-refractivity contribution >= 4 is 12.6 Å². The first-order chi connectivity index (χ1) is 1.41. The average molecular weight is 113 g/mol. The van der Waals surface area contributed by atoms with Crippen molar-refractivity contribution in [3.63, 3.8) is 0 Å². The number of hydrogen-bond acceptors (Lipinski definition) is 2. The molecule has 0 aromatic carbocycles. The van der Waals surface area contributed by atoms with Gasteiger partial charge >= 0.3 is 17.1 Å². The second kappa shape index (κ2) is 10.6. The van der Waals surface area contributed by atoms with E-state index < -0.39 is 0 Å². The Morgan fingerprint density at radius 3 is 1.75 bits per heavy atom. The molecule has 0 rings (SSSR count). The molecule has 0 saturated heterocycles. The summed E-state index contributed by atoms with van der Waals surface area (Å²) in [6.45, 7) is 0. The summed E-state index contributed by atoms with van der Waals surface area (Å²) in [5, 5.41) is 8.47. The molecule has 4 heavy (non-hydrogen) atoms. The minimum absolute atomic E-state index is 0. The minimum Gasteiger partial charge on any atom is -0.696 e. The van der Waals surface area contributed by atoms with E-state index in [9.17, 15) is 0 Å². The number of nitriles is 1. The van der Waals surface area contributed by atoms with Crippen LogP contribution in [0.25, 0.3) is 0 Å². The second-order valence-corrected chi connectivity index (χ2v) is 0.274. The Hall–Kier alpha value is 0.229. The molecule has 0 unspecified atom stereocenters. The van der Waals surface area contributed by atoms with E-state index in [1.54, 1.807) is 0 Å². The van der Waals surface area contributed by atoms with Crippen LogP contribution in [0.2, 0.25) is 0 Å². The van der Waals surface area contributed by atoms with Gasteiger partial charge < -0.3 is 12.6 Å². The molecule has 0 heterocycles. The van der Waals surface area contributed by atoms with E-state index in [1.165, 1.54) is 5.40 Å². The topological polar surface area (TPSA) is 23.8 Å². The van der Waals surface area contributed by atoms with E-state index in [4.69, 9.17) is 5.26 Å². The number of thiocyanates is 1. The summed E-state index contributed by atoms with van der Waals surface area (Å²) in [6.07, 6.45) is 0. The Morgan fingerprint density at radius 2 is 1.75 bits per heavy atom. The third-order valence-corrected chi connectivity index (χ3v) is 0. The fourth-order valence-electron chi connectivity index (χ4n) is 0. The van der Waals surface area contributed by atoms with Crippen molar-refractivity contribution in [1.82, 2.24) is 0 Å². The van der Waals surface area contributed by atoms with Gasteiger partial charge in [-0.05, 0) is 0 Å². The van der Waals surface area contributed by atoms with Crippen LogP contribution in [0.1, 0.15) is 0 Å². The first kappa shape index (κ1) is 8.87. The fraction of sp³-hybridized carbons (Fsp3) is 0. The van der Waals surface area contributed by atoms with Crippen LogP contribution in [0.3, 0.4) is 0 Å². The molecule has 0 aliphatic carbocycles. The molecule has 0 saturated carbocycles. The Labute approximate surface area is 40.9 Å². The molecule has 3 heteroatoms. The van der Waals surface area contributed by atoms with Crippen molar-refractivity contribution in [2.24, 2.45) is 0 Å². The van der Waals surface area contributed by atoms with E-state index in [0.29, 0.717) is 0 Å². The predicted molar refractivity (Wildman–Crippen MR) is 13.0 cm³/mol. The van der Waals surface area contributed by atoms with Crippen molar-refractivity contribution in [3.8, 4) is 5.40 Å². The molecule has 1 radical (unpaired) electrons. The van der Waals surface area contributed by atoms with Crippen LogP contribution in [-0.4, -0.2) is 0 Å². The van der Waals surface area contributed by atoms with Crippen molar-refractivity contribution in [2.45, 2.75) is 0 Å². The zero-order valence-corrected chi connectivity index (χ0v) is 3.73. The van der Waals surface area contributed by atoms with Gasteiger partial charge in [0.15, 0.2) is 0 Å². The molecule has 0 aliphatic rings. The van der Waals surface area contributed by atoms with Crippen molar-refractivity contribution < 1.29 is 17.1 Å². The first-order valence-electron chi connectivity index (χ1n) is 0.428. The van der Waals surface area contributed by atoms with Crippen LogP contribution >= 0.6 is 0 Å². The molecule has 0 bridgehead atoms. The van der Waals surface area contributed by atoms with E-state index in [2.05, 4.69) is 12.6 Å². The van der Waals surface area contributed by atoms with E-state index in [1.807, 2.05) is 0 Å². The zero-order valence-electron chi connectivity index (χ0n) is 1.73. The normalized spacial score (nSPS) is 1.75. The Morgan fingerprint density at radius 1 is 1.75 bits per heavy atom. The van der Waals surface area contributed by atoms with Gasteiger partial charge in [-0.2, -0.15) is 0 Å². The monoisotopic (exact) mass is 113 g/mol. The molecular formula is CMnNS+. The largest absolute Gasteiger partial charge is 2.00 e. The van der Waals surface area contributed by atoms with Gasteiger partial charge in [0.2, 0.25) is 0 Å². The SMILES string of the molecule is N#C[S-].[Mn+2]. The summed E-state index contributed by atoms with van der Waals surface area (Å²) in [6, 6.07) is 0. The molecule has 0 aromatic rings. The molecule has 21 valence electrons. The van der Waals surface area contributed by atoms with E-state index in [0.717, 1.165) is 0 Å². The van der Waals surface area contributed by atoms with Crippen molar-refractivity contribution in [2.75, 3.05) is 0 Å². The molecule has 0 amide bonds. The molecule has 0 atom stereocenters. The maximum atomic E-state index is 7.13. The Kier molecular flexibility index (Phi) is 23.6. The summed E-state index contributed by atoms with van der Waals surface area (Å²) in [7, 11) is 0. The smallest absolute Gasteiger partial charge is 0.696 e. The molecule has 0 aliphatic heterocycles. The number of hydrogen-bond donors (Lipinski definition) is 0. The van der Waals surface area contributed by atoms with Crippen LogP contribution in [0.15, 0.2) is 0 Å². The van der Waals surface area contributed by atoms with Crippen molar-refractivity contribution in [1.29, 1.82) is 5.26 Å². The summed E-state index contributed by atoms with van der Waals surface area (Å²) < 4.78 is 0. The average Bonchev–Trinajstić information content (AvgIpc) is 0.918. The number of nitrogens with zero attached hydrogens (tertiary/aromatic N) is 1. The standard InChI is InChI=1S/CHNS.Mn/c2-1-3;/h3H;/q;+2/p-1. The second-order valence-electron chi connectivity index (χ2n) is 0.0913. The van der Waals surface area contributed by atoms with Gasteiger partial charge in [-0.15, -0.1) is 0 Å². The first-order valence-corrected chi connectivity index (χ1v) is 0.836. The maximum absolute atomic E-state index is 7.13. The number of rotatable bonds is 0. The van der Waals surface area contributed by atoms with Crippen LogP contribution < -0.4 is 0 Å². The Balaban J connectivity index is 0. The molecule has 0 spiro atoms. The van der Waals surface area contributed by atoms with Gasteiger partial charge in [-0.1, -0.05) is 5.40 Å².